The third-order valence-corrected chi connectivity index (χ3v) is 3.57. The van der Waals surface area contributed by atoms with E-state index >= 15 is 0 Å². The number of amides is 1. The molecule has 0 spiro atoms. The highest BCUT2D eigenvalue weighted by Gasteiger charge is 2.18. The van der Waals surface area contributed by atoms with E-state index in [1.54, 1.807) is 18.7 Å². The molecule has 3 N–H and O–H groups in total. The van der Waals surface area contributed by atoms with Crippen LogP contribution >= 0.6 is 11.8 Å². The Morgan fingerprint density at radius 3 is 2.55 bits per heavy atom. The van der Waals surface area contributed by atoms with Gasteiger partial charge in [-0.1, -0.05) is 6.07 Å². The third kappa shape index (κ3) is 5.09. The molecule has 20 heavy (non-hydrogen) atoms. The summed E-state index contributed by atoms with van der Waals surface area (Å²) in [5, 5.41) is 2.68. The number of rotatable bonds is 7. The summed E-state index contributed by atoms with van der Waals surface area (Å²) in [7, 11) is 0. The maximum atomic E-state index is 13.5. The summed E-state index contributed by atoms with van der Waals surface area (Å²) >= 11 is 1.61. The van der Waals surface area contributed by atoms with Crippen molar-refractivity contribution in [1.29, 1.82) is 0 Å². The molecule has 0 saturated heterocycles. The minimum Gasteiger partial charge on any atom is -0.352 e. The lowest BCUT2D eigenvalue weighted by molar-refractivity contribution is -0.123. The fraction of sp³-hybridized carbons (Fsp3) is 0.500. The van der Waals surface area contributed by atoms with Crippen molar-refractivity contribution in [3.63, 3.8) is 0 Å². The van der Waals surface area contributed by atoms with Gasteiger partial charge in [0.25, 0.3) is 0 Å². The fourth-order valence-electron chi connectivity index (χ4n) is 1.81. The third-order valence-electron chi connectivity index (χ3n) is 2.93. The Bertz CT molecular complexity index is 437. The Labute approximate surface area is 122 Å². The van der Waals surface area contributed by atoms with Crippen LogP contribution < -0.4 is 11.1 Å². The molecule has 0 heterocycles. The Kier molecular flexibility index (Phi) is 6.95. The Balaban J connectivity index is 2.55. The molecule has 0 radical (unpaired) electrons. The molecule has 112 valence electrons. The molecule has 0 fully saturated rings. The van der Waals surface area contributed by atoms with E-state index in [1.165, 1.54) is 18.2 Å². The van der Waals surface area contributed by atoms with Crippen molar-refractivity contribution in [3.8, 4) is 0 Å². The highest BCUT2D eigenvalue weighted by atomic mass is 32.2. The number of carbonyl (C=O) groups excluding carboxylic acids is 1. The van der Waals surface area contributed by atoms with Gasteiger partial charge in [0.05, 0.1) is 6.04 Å². The van der Waals surface area contributed by atoms with Crippen molar-refractivity contribution in [2.24, 2.45) is 5.73 Å². The van der Waals surface area contributed by atoms with Crippen LogP contribution in [-0.2, 0) is 11.2 Å². The van der Waals surface area contributed by atoms with Crippen LogP contribution in [0.5, 0.6) is 0 Å². The number of hydrogen-bond acceptors (Lipinski definition) is 3. The Morgan fingerprint density at radius 1 is 1.40 bits per heavy atom. The molecule has 0 aliphatic rings. The van der Waals surface area contributed by atoms with Crippen LogP contribution in [0.4, 0.5) is 8.78 Å². The van der Waals surface area contributed by atoms with Gasteiger partial charge < -0.3 is 11.1 Å². The van der Waals surface area contributed by atoms with Crippen molar-refractivity contribution in [3.05, 3.63) is 35.4 Å². The van der Waals surface area contributed by atoms with Gasteiger partial charge in [0.1, 0.15) is 11.6 Å². The molecule has 0 aliphatic heterocycles. The van der Waals surface area contributed by atoms with Crippen LogP contribution in [-0.4, -0.2) is 30.0 Å². The number of nitrogens with one attached hydrogen (secondary N) is 1. The van der Waals surface area contributed by atoms with E-state index in [-0.39, 0.29) is 23.9 Å². The predicted octanol–water partition coefficient (Wildman–Crippen LogP) is 2.09. The van der Waals surface area contributed by atoms with Crippen LogP contribution in [0.15, 0.2) is 18.2 Å². The standard InChI is InChI=1S/C14H20F2N2OS/c1-9(18-14(19)13(17)6-7-20-2)8-10-11(15)4-3-5-12(10)16/h3-5,9,13H,6-8,17H2,1-2H3,(H,18,19)/t9?,13-/m0/s1. The first kappa shape index (κ1) is 16.9. The van der Waals surface area contributed by atoms with Gasteiger partial charge in [-0.2, -0.15) is 11.8 Å². The molecule has 1 rings (SSSR count). The first-order valence-corrected chi connectivity index (χ1v) is 7.82. The molecular formula is C14H20F2N2OS. The Hall–Kier alpha value is -1.14. The van der Waals surface area contributed by atoms with E-state index in [4.69, 9.17) is 5.73 Å². The van der Waals surface area contributed by atoms with Crippen LogP contribution in [0, 0.1) is 11.6 Å². The van der Waals surface area contributed by atoms with Gasteiger partial charge in [0, 0.05) is 11.6 Å². The minimum absolute atomic E-state index is 0.0158. The van der Waals surface area contributed by atoms with E-state index in [0.29, 0.717) is 6.42 Å². The van der Waals surface area contributed by atoms with Crippen molar-refractivity contribution >= 4 is 17.7 Å². The first-order chi connectivity index (χ1) is 9.45. The van der Waals surface area contributed by atoms with Crippen LogP contribution in [0.25, 0.3) is 0 Å². The van der Waals surface area contributed by atoms with E-state index in [1.807, 2.05) is 6.26 Å². The highest BCUT2D eigenvalue weighted by Crippen LogP contribution is 2.14. The van der Waals surface area contributed by atoms with Gasteiger partial charge in [0.2, 0.25) is 5.91 Å². The number of carbonyl (C=O) groups is 1. The topological polar surface area (TPSA) is 55.1 Å². The molecule has 0 bridgehead atoms. The Morgan fingerprint density at radius 2 is 2.00 bits per heavy atom. The van der Waals surface area contributed by atoms with Crippen LogP contribution in [0.1, 0.15) is 18.9 Å². The fourth-order valence-corrected chi connectivity index (χ4v) is 2.30. The summed E-state index contributed by atoms with van der Waals surface area (Å²) in [5.41, 5.74) is 5.72. The van der Waals surface area contributed by atoms with Crippen LogP contribution in [0.3, 0.4) is 0 Å². The van der Waals surface area contributed by atoms with Gasteiger partial charge in [-0.3, -0.25) is 4.79 Å². The molecular weight excluding hydrogens is 282 g/mol. The smallest absolute Gasteiger partial charge is 0.237 e. The van der Waals surface area contributed by atoms with Gasteiger partial charge in [0.15, 0.2) is 0 Å². The number of nitrogens with two attached hydrogens (primary N) is 1. The zero-order valence-corrected chi connectivity index (χ0v) is 12.5. The second kappa shape index (κ2) is 8.21. The molecule has 2 atom stereocenters. The molecule has 1 unspecified atom stereocenters. The van der Waals surface area contributed by atoms with Crippen molar-refractivity contribution in [1.82, 2.24) is 5.32 Å². The molecule has 0 aromatic heterocycles. The van der Waals surface area contributed by atoms with E-state index in [2.05, 4.69) is 5.32 Å². The number of thioether (sulfide) groups is 1. The second-order valence-electron chi connectivity index (χ2n) is 4.70. The van der Waals surface area contributed by atoms with Crippen molar-refractivity contribution < 1.29 is 13.6 Å². The largest absolute Gasteiger partial charge is 0.352 e. The van der Waals surface area contributed by atoms with Crippen molar-refractivity contribution in [2.75, 3.05) is 12.0 Å². The maximum absolute atomic E-state index is 13.5. The second-order valence-corrected chi connectivity index (χ2v) is 5.69. The summed E-state index contributed by atoms with van der Waals surface area (Å²) in [5.74, 6) is -0.691. The summed E-state index contributed by atoms with van der Waals surface area (Å²) in [6, 6.07) is 2.76. The average molecular weight is 302 g/mol. The average Bonchev–Trinajstić information content (AvgIpc) is 2.40. The van der Waals surface area contributed by atoms with E-state index in [9.17, 15) is 13.6 Å². The van der Waals surface area contributed by atoms with Gasteiger partial charge in [-0.25, -0.2) is 8.78 Å². The SMILES string of the molecule is CSCC[C@H](N)C(=O)NC(C)Cc1c(F)cccc1F. The molecule has 1 amide bonds. The summed E-state index contributed by atoms with van der Waals surface area (Å²) in [6.45, 7) is 1.70. The normalized spacial score (nSPS) is 13.8. The summed E-state index contributed by atoms with van der Waals surface area (Å²) < 4.78 is 27.0. The van der Waals surface area contributed by atoms with Gasteiger partial charge in [-0.05, 0) is 43.9 Å². The monoisotopic (exact) mass is 302 g/mol. The highest BCUT2D eigenvalue weighted by molar-refractivity contribution is 7.98. The molecule has 6 heteroatoms. The quantitative estimate of drug-likeness (QED) is 0.811. The lowest BCUT2D eigenvalue weighted by Gasteiger charge is -2.18. The van der Waals surface area contributed by atoms with E-state index in [0.717, 1.165) is 5.75 Å². The van der Waals surface area contributed by atoms with Gasteiger partial charge >= 0.3 is 0 Å². The first-order valence-electron chi connectivity index (χ1n) is 6.43. The lowest BCUT2D eigenvalue weighted by atomic mass is 10.1. The number of hydrogen-bond donors (Lipinski definition) is 2. The summed E-state index contributed by atoms with van der Waals surface area (Å²) in [4.78, 5) is 11.8. The van der Waals surface area contributed by atoms with Crippen LogP contribution in [0.2, 0.25) is 0 Å². The number of halogens is 2. The number of benzene rings is 1. The van der Waals surface area contributed by atoms with Crippen molar-refractivity contribution in [2.45, 2.75) is 31.8 Å². The minimum atomic E-state index is -0.599. The molecule has 3 nitrogen and oxygen atoms in total. The zero-order chi connectivity index (χ0) is 15.1. The maximum Gasteiger partial charge on any atom is 0.237 e. The molecule has 1 aromatic rings. The molecule has 0 saturated carbocycles. The lowest BCUT2D eigenvalue weighted by Crippen LogP contribution is -2.45. The summed E-state index contributed by atoms with van der Waals surface area (Å²) in [6.07, 6.45) is 2.61. The zero-order valence-electron chi connectivity index (χ0n) is 11.7. The van der Waals surface area contributed by atoms with E-state index < -0.39 is 17.7 Å². The predicted molar refractivity (Wildman–Crippen MR) is 78.6 cm³/mol. The molecule has 1 aromatic carbocycles. The molecule has 0 aliphatic carbocycles. The van der Waals surface area contributed by atoms with Gasteiger partial charge in [-0.15, -0.1) is 0 Å².